The second-order valence-electron chi connectivity index (χ2n) is 4.74. The Morgan fingerprint density at radius 2 is 2.39 bits per heavy atom. The van der Waals surface area contributed by atoms with Crippen LogP contribution in [0.4, 0.5) is 11.4 Å². The molecule has 1 aliphatic rings. The van der Waals surface area contributed by atoms with Gasteiger partial charge in [-0.3, -0.25) is 9.69 Å². The Morgan fingerprint density at radius 1 is 1.61 bits per heavy atom. The maximum absolute atomic E-state index is 11.9. The topological polar surface area (TPSA) is 58.4 Å². The van der Waals surface area contributed by atoms with Gasteiger partial charge in [-0.25, -0.2) is 0 Å². The van der Waals surface area contributed by atoms with Crippen LogP contribution in [-0.2, 0) is 4.79 Å². The van der Waals surface area contributed by atoms with Crippen LogP contribution in [0.1, 0.15) is 19.8 Å². The van der Waals surface area contributed by atoms with Crippen molar-refractivity contribution in [2.45, 2.75) is 25.8 Å². The minimum absolute atomic E-state index is 0.0298. The van der Waals surface area contributed by atoms with Crippen LogP contribution in [0.5, 0.6) is 0 Å². The quantitative estimate of drug-likeness (QED) is 0.827. The highest BCUT2D eigenvalue weighted by molar-refractivity contribution is 6.31. The molecular formula is C13H18ClN3O. The third kappa shape index (κ3) is 3.15. The zero-order valence-electron chi connectivity index (χ0n) is 10.4. The van der Waals surface area contributed by atoms with Gasteiger partial charge in [-0.2, -0.15) is 0 Å². The van der Waals surface area contributed by atoms with Gasteiger partial charge in [0.2, 0.25) is 5.91 Å². The van der Waals surface area contributed by atoms with Crippen molar-refractivity contribution in [3.05, 3.63) is 23.2 Å². The summed E-state index contributed by atoms with van der Waals surface area (Å²) < 4.78 is 0. The Balaban J connectivity index is 1.94. The summed E-state index contributed by atoms with van der Waals surface area (Å²) in [4.78, 5) is 14.1. The van der Waals surface area contributed by atoms with E-state index >= 15 is 0 Å². The summed E-state index contributed by atoms with van der Waals surface area (Å²) in [7, 11) is 0. The molecule has 0 bridgehead atoms. The number of nitrogens with two attached hydrogens (primary N) is 1. The van der Waals surface area contributed by atoms with E-state index in [1.165, 1.54) is 0 Å². The van der Waals surface area contributed by atoms with Gasteiger partial charge in [0.15, 0.2) is 0 Å². The molecule has 1 atom stereocenters. The molecule has 0 aromatic heterocycles. The van der Waals surface area contributed by atoms with Crippen LogP contribution in [0.15, 0.2) is 18.2 Å². The Labute approximate surface area is 112 Å². The third-order valence-electron chi connectivity index (χ3n) is 3.32. The van der Waals surface area contributed by atoms with Crippen LogP contribution in [0.3, 0.4) is 0 Å². The Morgan fingerprint density at radius 3 is 3.00 bits per heavy atom. The van der Waals surface area contributed by atoms with Crippen LogP contribution in [0.2, 0.25) is 5.02 Å². The van der Waals surface area contributed by atoms with Gasteiger partial charge in [0.05, 0.1) is 17.9 Å². The highest BCUT2D eigenvalue weighted by Crippen LogP contribution is 2.23. The molecule has 1 amide bonds. The van der Waals surface area contributed by atoms with E-state index in [9.17, 15) is 4.79 Å². The lowest BCUT2D eigenvalue weighted by molar-refractivity contribution is -0.117. The summed E-state index contributed by atoms with van der Waals surface area (Å²) >= 11 is 5.81. The summed E-state index contributed by atoms with van der Waals surface area (Å²) in [5, 5.41) is 3.39. The molecule has 1 aliphatic heterocycles. The number of anilines is 2. The van der Waals surface area contributed by atoms with E-state index in [0.29, 0.717) is 29.0 Å². The normalized spacial score (nSPS) is 20.0. The Bertz CT molecular complexity index is 450. The first-order chi connectivity index (χ1) is 8.56. The van der Waals surface area contributed by atoms with E-state index in [1.807, 2.05) is 0 Å². The van der Waals surface area contributed by atoms with E-state index in [-0.39, 0.29) is 5.91 Å². The lowest BCUT2D eigenvalue weighted by Crippen LogP contribution is -2.35. The highest BCUT2D eigenvalue weighted by Gasteiger charge is 2.22. The fraction of sp³-hybridized carbons (Fsp3) is 0.462. The molecule has 98 valence electrons. The van der Waals surface area contributed by atoms with E-state index in [1.54, 1.807) is 18.2 Å². The fourth-order valence-corrected chi connectivity index (χ4v) is 2.43. The SMILES string of the molecule is CC1CCCN1CC(=O)Nc1ccc(Cl)cc1N. The van der Waals surface area contributed by atoms with E-state index in [0.717, 1.165) is 19.4 Å². The maximum atomic E-state index is 11.9. The number of amides is 1. The first kappa shape index (κ1) is 13.2. The number of nitrogens with one attached hydrogen (secondary N) is 1. The maximum Gasteiger partial charge on any atom is 0.238 e. The zero-order chi connectivity index (χ0) is 13.1. The number of benzene rings is 1. The number of carbonyl (C=O) groups is 1. The number of hydrogen-bond acceptors (Lipinski definition) is 3. The van der Waals surface area contributed by atoms with Gasteiger partial charge in [-0.1, -0.05) is 11.6 Å². The highest BCUT2D eigenvalue weighted by atomic mass is 35.5. The molecule has 5 heteroatoms. The second-order valence-corrected chi connectivity index (χ2v) is 5.18. The average molecular weight is 268 g/mol. The number of rotatable bonds is 3. The first-order valence-corrected chi connectivity index (χ1v) is 6.53. The van der Waals surface area contributed by atoms with Crippen molar-refractivity contribution < 1.29 is 4.79 Å². The van der Waals surface area contributed by atoms with Crippen LogP contribution in [0.25, 0.3) is 0 Å². The molecule has 1 aromatic carbocycles. The van der Waals surface area contributed by atoms with Crippen LogP contribution in [0, 0.1) is 0 Å². The van der Waals surface area contributed by atoms with Crippen molar-refractivity contribution in [1.29, 1.82) is 0 Å². The van der Waals surface area contributed by atoms with Gasteiger partial charge < -0.3 is 11.1 Å². The monoisotopic (exact) mass is 267 g/mol. The van der Waals surface area contributed by atoms with Gasteiger partial charge in [0.25, 0.3) is 0 Å². The molecule has 4 nitrogen and oxygen atoms in total. The lowest BCUT2D eigenvalue weighted by atomic mass is 10.2. The van der Waals surface area contributed by atoms with Gasteiger partial charge in [-0.05, 0) is 44.5 Å². The fourth-order valence-electron chi connectivity index (χ4n) is 2.25. The molecule has 1 aromatic rings. The predicted octanol–water partition coefficient (Wildman–Crippen LogP) is 2.35. The number of halogens is 1. The van der Waals surface area contributed by atoms with Gasteiger partial charge in [0.1, 0.15) is 0 Å². The summed E-state index contributed by atoms with van der Waals surface area (Å²) in [6.07, 6.45) is 2.33. The number of carbonyl (C=O) groups excluding carboxylic acids is 1. The summed E-state index contributed by atoms with van der Waals surface area (Å²) in [5.74, 6) is -0.0298. The minimum Gasteiger partial charge on any atom is -0.397 e. The van der Waals surface area contributed by atoms with Crippen molar-refractivity contribution in [3.8, 4) is 0 Å². The van der Waals surface area contributed by atoms with Gasteiger partial charge in [-0.15, -0.1) is 0 Å². The van der Waals surface area contributed by atoms with E-state index < -0.39 is 0 Å². The molecule has 18 heavy (non-hydrogen) atoms. The third-order valence-corrected chi connectivity index (χ3v) is 3.56. The minimum atomic E-state index is -0.0298. The number of nitrogens with zero attached hydrogens (tertiary/aromatic N) is 1. The van der Waals surface area contributed by atoms with Crippen LogP contribution in [-0.4, -0.2) is 29.9 Å². The van der Waals surface area contributed by atoms with Gasteiger partial charge >= 0.3 is 0 Å². The van der Waals surface area contributed by atoms with Crippen molar-refractivity contribution in [2.75, 3.05) is 24.1 Å². The van der Waals surface area contributed by atoms with Crippen molar-refractivity contribution in [1.82, 2.24) is 4.90 Å². The molecule has 1 unspecified atom stereocenters. The van der Waals surface area contributed by atoms with Crippen molar-refractivity contribution in [2.24, 2.45) is 0 Å². The molecule has 2 rings (SSSR count). The summed E-state index contributed by atoms with van der Waals surface area (Å²) in [6.45, 7) is 3.56. The van der Waals surface area contributed by atoms with Crippen molar-refractivity contribution in [3.63, 3.8) is 0 Å². The molecule has 3 N–H and O–H groups in total. The zero-order valence-corrected chi connectivity index (χ0v) is 11.2. The molecule has 1 saturated heterocycles. The van der Waals surface area contributed by atoms with Gasteiger partial charge in [0, 0.05) is 11.1 Å². The number of hydrogen-bond donors (Lipinski definition) is 2. The molecule has 0 aliphatic carbocycles. The molecule has 0 spiro atoms. The van der Waals surface area contributed by atoms with Crippen molar-refractivity contribution >= 4 is 28.9 Å². The summed E-state index contributed by atoms with van der Waals surface area (Å²) in [6, 6.07) is 5.56. The molecule has 1 heterocycles. The average Bonchev–Trinajstić information content (AvgIpc) is 2.69. The lowest BCUT2D eigenvalue weighted by Gasteiger charge is -2.20. The predicted molar refractivity (Wildman–Crippen MR) is 74.8 cm³/mol. The molecule has 0 radical (unpaired) electrons. The molecule has 0 saturated carbocycles. The first-order valence-electron chi connectivity index (χ1n) is 6.15. The molecular weight excluding hydrogens is 250 g/mol. The van der Waals surface area contributed by atoms with E-state index in [2.05, 4.69) is 17.1 Å². The summed E-state index contributed by atoms with van der Waals surface area (Å²) in [5.41, 5.74) is 6.90. The number of likely N-dealkylation sites (tertiary alicyclic amines) is 1. The Hall–Kier alpha value is -1.26. The van der Waals surface area contributed by atoms with E-state index in [4.69, 9.17) is 17.3 Å². The number of nitrogen functional groups attached to an aromatic ring is 1. The van der Waals surface area contributed by atoms with Crippen LogP contribution < -0.4 is 11.1 Å². The molecule has 1 fully saturated rings. The Kier molecular flexibility index (Phi) is 4.09. The standard InChI is InChI=1S/C13H18ClN3O/c1-9-3-2-6-17(9)8-13(18)16-12-5-4-10(14)7-11(12)15/h4-5,7,9H,2-3,6,8,15H2,1H3,(H,16,18). The largest absolute Gasteiger partial charge is 0.397 e. The van der Waals surface area contributed by atoms with Crippen LogP contribution >= 0.6 is 11.6 Å². The second kappa shape index (κ2) is 5.59. The smallest absolute Gasteiger partial charge is 0.238 e.